The van der Waals surface area contributed by atoms with Crippen LogP contribution in [0.3, 0.4) is 0 Å². The quantitative estimate of drug-likeness (QED) is 0.442. The molecule has 1 aliphatic rings. The molecule has 50 valence electrons. The van der Waals surface area contributed by atoms with E-state index in [0.29, 0.717) is 6.42 Å². The number of rotatable bonds is 0. The third kappa shape index (κ3) is 1.96. The SMILES string of the molecule is CC1=CC=NC(F)CC1. The lowest BCUT2D eigenvalue weighted by atomic mass is 10.2. The second-order valence-corrected chi connectivity index (χ2v) is 2.28. The summed E-state index contributed by atoms with van der Waals surface area (Å²) in [5, 5.41) is 0. The number of hydrogen-bond donors (Lipinski definition) is 0. The number of hydrogen-bond acceptors (Lipinski definition) is 1. The van der Waals surface area contributed by atoms with Gasteiger partial charge in [0.05, 0.1) is 0 Å². The lowest BCUT2D eigenvalue weighted by molar-refractivity contribution is 0.330. The topological polar surface area (TPSA) is 12.4 Å². The predicted molar refractivity (Wildman–Crippen MR) is 36.4 cm³/mol. The Bertz CT molecular complexity index is 149. The molecule has 0 aliphatic carbocycles. The van der Waals surface area contributed by atoms with Crippen LogP contribution in [0.4, 0.5) is 4.39 Å². The molecule has 0 saturated carbocycles. The smallest absolute Gasteiger partial charge is 0.190 e. The van der Waals surface area contributed by atoms with Gasteiger partial charge < -0.3 is 0 Å². The molecule has 0 amide bonds. The molecule has 2 heteroatoms. The summed E-state index contributed by atoms with van der Waals surface area (Å²) in [5.74, 6) is 0. The zero-order chi connectivity index (χ0) is 6.69. The molecule has 0 radical (unpaired) electrons. The van der Waals surface area contributed by atoms with Crippen LogP contribution in [0.25, 0.3) is 0 Å². The molecule has 1 unspecified atom stereocenters. The summed E-state index contributed by atoms with van der Waals surface area (Å²) in [6.07, 6.45) is 3.81. The fraction of sp³-hybridized carbons (Fsp3) is 0.571. The van der Waals surface area contributed by atoms with Gasteiger partial charge in [-0.05, 0) is 19.4 Å². The third-order valence-electron chi connectivity index (χ3n) is 1.38. The third-order valence-corrected chi connectivity index (χ3v) is 1.38. The van der Waals surface area contributed by atoms with Gasteiger partial charge in [0.15, 0.2) is 6.30 Å². The standard InChI is InChI=1S/C7H10FN/c1-6-2-3-7(8)9-5-4-6/h4-5,7H,2-3H2,1H3. The molecule has 1 rings (SSSR count). The van der Waals surface area contributed by atoms with Gasteiger partial charge >= 0.3 is 0 Å². The van der Waals surface area contributed by atoms with Gasteiger partial charge in [0.25, 0.3) is 0 Å². The van der Waals surface area contributed by atoms with E-state index in [4.69, 9.17) is 0 Å². The minimum absolute atomic E-state index is 0.541. The summed E-state index contributed by atoms with van der Waals surface area (Å²) in [5.41, 5.74) is 1.21. The zero-order valence-corrected chi connectivity index (χ0v) is 5.47. The highest BCUT2D eigenvalue weighted by Gasteiger charge is 2.04. The van der Waals surface area contributed by atoms with E-state index in [1.165, 1.54) is 5.57 Å². The number of aliphatic imine (C=N–C) groups is 1. The van der Waals surface area contributed by atoms with Crippen molar-refractivity contribution >= 4 is 6.21 Å². The molecular weight excluding hydrogens is 117 g/mol. The maximum absolute atomic E-state index is 12.4. The van der Waals surface area contributed by atoms with Crippen LogP contribution in [0.1, 0.15) is 19.8 Å². The van der Waals surface area contributed by atoms with Crippen molar-refractivity contribution in [2.75, 3.05) is 0 Å². The molecule has 0 bridgehead atoms. The molecule has 0 aromatic rings. The minimum Gasteiger partial charge on any atom is -0.257 e. The normalized spacial score (nSPS) is 27.3. The highest BCUT2D eigenvalue weighted by atomic mass is 19.1. The summed E-state index contributed by atoms with van der Waals surface area (Å²) in [7, 11) is 0. The first-order valence-corrected chi connectivity index (χ1v) is 3.12. The molecule has 1 atom stereocenters. The van der Waals surface area contributed by atoms with Gasteiger partial charge in [-0.15, -0.1) is 0 Å². The van der Waals surface area contributed by atoms with Crippen LogP contribution in [0, 0.1) is 0 Å². The van der Waals surface area contributed by atoms with E-state index in [-0.39, 0.29) is 0 Å². The molecule has 0 aromatic heterocycles. The van der Waals surface area contributed by atoms with E-state index >= 15 is 0 Å². The van der Waals surface area contributed by atoms with Gasteiger partial charge in [0.1, 0.15) is 0 Å². The van der Waals surface area contributed by atoms with Crippen molar-refractivity contribution in [2.45, 2.75) is 26.1 Å². The Morgan fingerprint density at radius 2 is 2.56 bits per heavy atom. The molecule has 1 aliphatic heterocycles. The highest BCUT2D eigenvalue weighted by molar-refractivity contribution is 5.72. The Labute approximate surface area is 54.3 Å². The predicted octanol–water partition coefficient (Wildman–Crippen LogP) is 2.09. The van der Waals surface area contributed by atoms with E-state index in [9.17, 15) is 4.39 Å². The lowest BCUT2D eigenvalue weighted by Gasteiger charge is -1.97. The molecule has 0 fully saturated rings. The number of halogens is 1. The van der Waals surface area contributed by atoms with Crippen LogP contribution in [0.15, 0.2) is 16.6 Å². The number of nitrogens with zero attached hydrogens (tertiary/aromatic N) is 1. The molecule has 1 nitrogen and oxygen atoms in total. The molecule has 0 aromatic carbocycles. The fourth-order valence-corrected chi connectivity index (χ4v) is 0.768. The lowest BCUT2D eigenvalue weighted by Crippen LogP contribution is -1.92. The first kappa shape index (κ1) is 6.46. The molecular formula is C7H10FN. The van der Waals surface area contributed by atoms with E-state index in [1.54, 1.807) is 6.21 Å². The Morgan fingerprint density at radius 1 is 1.78 bits per heavy atom. The minimum atomic E-state index is -0.973. The van der Waals surface area contributed by atoms with Gasteiger partial charge in [-0.25, -0.2) is 4.39 Å². The average Bonchev–Trinajstić information content (AvgIpc) is 1.97. The largest absolute Gasteiger partial charge is 0.257 e. The van der Waals surface area contributed by atoms with Crippen molar-refractivity contribution in [3.05, 3.63) is 11.6 Å². The van der Waals surface area contributed by atoms with E-state index < -0.39 is 6.30 Å². The van der Waals surface area contributed by atoms with Crippen LogP contribution in [0.5, 0.6) is 0 Å². The monoisotopic (exact) mass is 127 g/mol. The molecule has 0 N–H and O–H groups in total. The van der Waals surface area contributed by atoms with E-state index in [1.807, 2.05) is 13.0 Å². The Morgan fingerprint density at radius 3 is 3.33 bits per heavy atom. The summed E-state index contributed by atoms with van der Waals surface area (Å²) < 4.78 is 12.4. The maximum Gasteiger partial charge on any atom is 0.190 e. The summed E-state index contributed by atoms with van der Waals surface area (Å²) >= 11 is 0. The average molecular weight is 127 g/mol. The summed E-state index contributed by atoms with van der Waals surface area (Å²) in [6.45, 7) is 1.99. The van der Waals surface area contributed by atoms with Crippen LogP contribution < -0.4 is 0 Å². The number of allylic oxidation sites excluding steroid dienone is 2. The zero-order valence-electron chi connectivity index (χ0n) is 5.47. The molecule has 9 heavy (non-hydrogen) atoms. The Kier molecular flexibility index (Phi) is 1.98. The van der Waals surface area contributed by atoms with Crippen LogP contribution in [-0.4, -0.2) is 12.5 Å². The van der Waals surface area contributed by atoms with E-state index in [2.05, 4.69) is 4.99 Å². The van der Waals surface area contributed by atoms with Crippen LogP contribution >= 0.6 is 0 Å². The van der Waals surface area contributed by atoms with Gasteiger partial charge in [-0.1, -0.05) is 5.57 Å². The second-order valence-electron chi connectivity index (χ2n) is 2.28. The Balaban J connectivity index is 2.55. The Hall–Kier alpha value is -0.660. The van der Waals surface area contributed by atoms with Crippen molar-refractivity contribution in [2.24, 2.45) is 4.99 Å². The van der Waals surface area contributed by atoms with Crippen molar-refractivity contribution in [1.82, 2.24) is 0 Å². The fourth-order valence-electron chi connectivity index (χ4n) is 0.768. The highest BCUT2D eigenvalue weighted by Crippen LogP contribution is 2.12. The van der Waals surface area contributed by atoms with Crippen molar-refractivity contribution in [1.29, 1.82) is 0 Å². The van der Waals surface area contributed by atoms with Crippen molar-refractivity contribution in [3.63, 3.8) is 0 Å². The molecule has 0 saturated heterocycles. The molecule has 1 heterocycles. The van der Waals surface area contributed by atoms with E-state index in [0.717, 1.165) is 6.42 Å². The van der Waals surface area contributed by atoms with Gasteiger partial charge in [0, 0.05) is 12.6 Å². The van der Waals surface area contributed by atoms with Crippen LogP contribution in [-0.2, 0) is 0 Å². The second kappa shape index (κ2) is 2.76. The number of alkyl halides is 1. The molecule has 0 spiro atoms. The van der Waals surface area contributed by atoms with Gasteiger partial charge in [-0.2, -0.15) is 0 Å². The summed E-state index contributed by atoms with van der Waals surface area (Å²) in [6, 6.07) is 0. The van der Waals surface area contributed by atoms with Crippen LogP contribution in [0.2, 0.25) is 0 Å². The van der Waals surface area contributed by atoms with Crippen molar-refractivity contribution < 1.29 is 4.39 Å². The summed E-state index contributed by atoms with van der Waals surface area (Å²) in [4.78, 5) is 3.61. The first-order valence-electron chi connectivity index (χ1n) is 3.12. The first-order chi connectivity index (χ1) is 4.29. The van der Waals surface area contributed by atoms with Gasteiger partial charge in [0.2, 0.25) is 0 Å². The maximum atomic E-state index is 12.4. The van der Waals surface area contributed by atoms with Gasteiger partial charge in [-0.3, -0.25) is 4.99 Å². The van der Waals surface area contributed by atoms with Crippen molar-refractivity contribution in [3.8, 4) is 0 Å².